The molecule has 6 heteroatoms. The summed E-state index contributed by atoms with van der Waals surface area (Å²) in [6, 6.07) is 8.42. The minimum absolute atomic E-state index is 0.103. The maximum Gasteiger partial charge on any atom is 0.141 e. The molecule has 0 spiro atoms. The zero-order valence-corrected chi connectivity index (χ0v) is 13.3. The van der Waals surface area contributed by atoms with Gasteiger partial charge in [-0.05, 0) is 29.8 Å². The summed E-state index contributed by atoms with van der Waals surface area (Å²) in [4.78, 5) is 16.3. The third-order valence-electron chi connectivity index (χ3n) is 3.81. The number of aromatic amines is 1. The largest absolute Gasteiger partial charge is 0.360 e. The van der Waals surface area contributed by atoms with Crippen LogP contribution in [0.1, 0.15) is 11.4 Å². The molecule has 0 aliphatic carbocycles. The van der Waals surface area contributed by atoms with Gasteiger partial charge in [0.15, 0.2) is 0 Å². The van der Waals surface area contributed by atoms with Crippen LogP contribution in [0.4, 0.5) is 4.39 Å². The van der Waals surface area contributed by atoms with E-state index in [9.17, 15) is 4.39 Å². The maximum atomic E-state index is 13.3. The van der Waals surface area contributed by atoms with Crippen LogP contribution in [0.15, 0.2) is 55.1 Å². The Morgan fingerprint density at radius 1 is 1.12 bits per heavy atom. The molecule has 3 aromatic heterocycles. The Kier molecular flexibility index (Phi) is 3.70. The van der Waals surface area contributed by atoms with Crippen LogP contribution in [0.3, 0.4) is 0 Å². The summed E-state index contributed by atoms with van der Waals surface area (Å²) in [5.74, 6) is 0.217. The third kappa shape index (κ3) is 2.74. The van der Waals surface area contributed by atoms with Gasteiger partial charge in [0, 0.05) is 47.7 Å². The molecule has 0 atom stereocenters. The zero-order chi connectivity index (χ0) is 16.5. The molecule has 3 heterocycles. The first kappa shape index (κ1) is 14.8. The van der Waals surface area contributed by atoms with Crippen molar-refractivity contribution in [3.05, 3.63) is 77.3 Å². The van der Waals surface area contributed by atoms with E-state index in [1.54, 1.807) is 24.5 Å². The number of rotatable bonds is 3. The highest BCUT2D eigenvalue weighted by molar-refractivity contribution is 6.30. The molecule has 0 fully saturated rings. The van der Waals surface area contributed by atoms with Gasteiger partial charge in [0.2, 0.25) is 0 Å². The summed E-state index contributed by atoms with van der Waals surface area (Å²) in [5, 5.41) is 1.11. The summed E-state index contributed by atoms with van der Waals surface area (Å²) in [5.41, 5.74) is 3.65. The zero-order valence-electron chi connectivity index (χ0n) is 12.5. The molecule has 1 N–H and O–H groups in total. The van der Waals surface area contributed by atoms with E-state index >= 15 is 0 Å². The summed E-state index contributed by atoms with van der Waals surface area (Å²) in [6.45, 7) is 0. The lowest BCUT2D eigenvalue weighted by Gasteiger charge is -2.04. The van der Waals surface area contributed by atoms with Crippen molar-refractivity contribution in [3.63, 3.8) is 0 Å². The lowest BCUT2D eigenvalue weighted by Crippen LogP contribution is -1.98. The first-order valence-electron chi connectivity index (χ1n) is 7.38. The van der Waals surface area contributed by atoms with Crippen molar-refractivity contribution >= 4 is 22.5 Å². The molecule has 4 nitrogen and oxygen atoms in total. The molecule has 118 valence electrons. The van der Waals surface area contributed by atoms with E-state index in [4.69, 9.17) is 11.6 Å². The van der Waals surface area contributed by atoms with Crippen molar-refractivity contribution in [1.29, 1.82) is 0 Å². The van der Waals surface area contributed by atoms with Gasteiger partial charge in [0.05, 0.1) is 10.7 Å². The van der Waals surface area contributed by atoms with Gasteiger partial charge in [0.25, 0.3) is 0 Å². The average Bonchev–Trinajstić information content (AvgIpc) is 3.03. The second kappa shape index (κ2) is 6.02. The van der Waals surface area contributed by atoms with E-state index in [0.29, 0.717) is 12.2 Å². The van der Waals surface area contributed by atoms with E-state index in [-0.39, 0.29) is 5.02 Å². The van der Waals surface area contributed by atoms with E-state index in [0.717, 1.165) is 27.7 Å². The molecule has 0 radical (unpaired) electrons. The van der Waals surface area contributed by atoms with Crippen LogP contribution in [0.25, 0.3) is 22.2 Å². The second-order valence-electron chi connectivity index (χ2n) is 5.41. The molecule has 0 saturated carbocycles. The number of nitrogens with zero attached hydrogens (tertiary/aromatic N) is 3. The fourth-order valence-electron chi connectivity index (χ4n) is 2.64. The van der Waals surface area contributed by atoms with E-state index < -0.39 is 5.82 Å². The van der Waals surface area contributed by atoms with Gasteiger partial charge in [-0.3, -0.25) is 4.98 Å². The maximum absolute atomic E-state index is 13.3. The van der Waals surface area contributed by atoms with Gasteiger partial charge >= 0.3 is 0 Å². The van der Waals surface area contributed by atoms with Crippen LogP contribution in [0, 0.1) is 5.82 Å². The highest BCUT2D eigenvalue weighted by atomic mass is 35.5. The highest BCUT2D eigenvalue weighted by Crippen LogP contribution is 2.26. The van der Waals surface area contributed by atoms with Crippen molar-refractivity contribution in [1.82, 2.24) is 19.9 Å². The Labute approximate surface area is 142 Å². The topological polar surface area (TPSA) is 54.5 Å². The number of benzene rings is 1. The predicted molar refractivity (Wildman–Crippen MR) is 91.3 cm³/mol. The SMILES string of the molecule is Fc1ccc(Cc2nccc(-c3c[nH]c4ccncc34)n2)cc1Cl. The van der Waals surface area contributed by atoms with Crippen molar-refractivity contribution in [2.24, 2.45) is 0 Å². The normalized spacial score (nSPS) is 11.1. The van der Waals surface area contributed by atoms with Crippen LogP contribution in [0.2, 0.25) is 5.02 Å². The summed E-state index contributed by atoms with van der Waals surface area (Å²) in [6.07, 6.45) is 7.66. The van der Waals surface area contributed by atoms with Crippen LogP contribution in [-0.4, -0.2) is 19.9 Å². The smallest absolute Gasteiger partial charge is 0.141 e. The molecule has 0 aliphatic rings. The molecule has 1 aromatic carbocycles. The summed E-state index contributed by atoms with van der Waals surface area (Å²) >= 11 is 5.83. The van der Waals surface area contributed by atoms with Gasteiger partial charge in [0.1, 0.15) is 11.6 Å². The van der Waals surface area contributed by atoms with E-state index in [2.05, 4.69) is 19.9 Å². The second-order valence-corrected chi connectivity index (χ2v) is 5.81. The van der Waals surface area contributed by atoms with Gasteiger partial charge in [-0.25, -0.2) is 14.4 Å². The number of H-pyrrole nitrogens is 1. The lowest BCUT2D eigenvalue weighted by atomic mass is 10.1. The molecular weight excluding hydrogens is 327 g/mol. The van der Waals surface area contributed by atoms with Crippen LogP contribution >= 0.6 is 11.6 Å². The minimum Gasteiger partial charge on any atom is -0.360 e. The van der Waals surface area contributed by atoms with E-state index in [1.807, 2.05) is 24.5 Å². The fraction of sp³-hybridized carbons (Fsp3) is 0.0556. The molecule has 4 rings (SSSR count). The fourth-order valence-corrected chi connectivity index (χ4v) is 2.84. The number of pyridine rings is 1. The number of hydrogen-bond donors (Lipinski definition) is 1. The van der Waals surface area contributed by atoms with Crippen LogP contribution in [-0.2, 0) is 6.42 Å². The van der Waals surface area contributed by atoms with Crippen LogP contribution < -0.4 is 0 Å². The Morgan fingerprint density at radius 2 is 2.04 bits per heavy atom. The first-order valence-corrected chi connectivity index (χ1v) is 7.76. The summed E-state index contributed by atoms with van der Waals surface area (Å²) in [7, 11) is 0. The van der Waals surface area contributed by atoms with Crippen molar-refractivity contribution in [2.75, 3.05) is 0 Å². The monoisotopic (exact) mass is 338 g/mol. The first-order chi connectivity index (χ1) is 11.7. The Balaban J connectivity index is 1.70. The molecule has 0 unspecified atom stereocenters. The molecule has 0 amide bonds. The summed E-state index contributed by atoms with van der Waals surface area (Å²) < 4.78 is 13.3. The van der Waals surface area contributed by atoms with Gasteiger partial charge in [-0.2, -0.15) is 0 Å². The van der Waals surface area contributed by atoms with Crippen molar-refractivity contribution < 1.29 is 4.39 Å². The Bertz CT molecular complexity index is 1030. The number of hydrogen-bond acceptors (Lipinski definition) is 3. The minimum atomic E-state index is -0.429. The molecule has 0 bridgehead atoms. The highest BCUT2D eigenvalue weighted by Gasteiger charge is 2.09. The standard InChI is InChI=1S/C18H12ClFN4/c19-14-7-11(1-2-15(14)20)8-18-22-6-4-17(24-18)13-10-23-16-3-5-21-9-12(13)16/h1-7,9-10,23H,8H2. The molecule has 24 heavy (non-hydrogen) atoms. The molecular formula is C18H12ClFN4. The van der Waals surface area contributed by atoms with Crippen molar-refractivity contribution in [2.45, 2.75) is 6.42 Å². The number of halogens is 2. The third-order valence-corrected chi connectivity index (χ3v) is 4.10. The quantitative estimate of drug-likeness (QED) is 0.602. The average molecular weight is 339 g/mol. The van der Waals surface area contributed by atoms with Gasteiger partial charge in [-0.1, -0.05) is 17.7 Å². The lowest BCUT2D eigenvalue weighted by molar-refractivity contribution is 0.627. The number of aromatic nitrogens is 4. The van der Waals surface area contributed by atoms with Crippen LogP contribution in [0.5, 0.6) is 0 Å². The van der Waals surface area contributed by atoms with Gasteiger partial charge in [-0.15, -0.1) is 0 Å². The molecule has 4 aromatic rings. The van der Waals surface area contributed by atoms with Gasteiger partial charge < -0.3 is 4.98 Å². The Morgan fingerprint density at radius 3 is 2.92 bits per heavy atom. The number of nitrogens with one attached hydrogen (secondary N) is 1. The number of fused-ring (bicyclic) bond motifs is 1. The Hall–Kier alpha value is -2.79. The van der Waals surface area contributed by atoms with E-state index in [1.165, 1.54) is 6.07 Å². The predicted octanol–water partition coefficient (Wildman–Crippen LogP) is 4.40. The molecule has 0 saturated heterocycles. The molecule has 0 aliphatic heterocycles. The van der Waals surface area contributed by atoms with Crippen molar-refractivity contribution in [3.8, 4) is 11.3 Å².